The van der Waals surface area contributed by atoms with E-state index < -0.39 is 16.1 Å². The average molecular weight is 661 g/mol. The van der Waals surface area contributed by atoms with E-state index in [0.717, 1.165) is 42.4 Å². The lowest BCUT2D eigenvalue weighted by Crippen LogP contribution is -2.49. The summed E-state index contributed by atoms with van der Waals surface area (Å²) >= 11 is 0. The largest absolute Gasteiger partial charge is 0.329 e. The van der Waals surface area contributed by atoms with Gasteiger partial charge < -0.3 is 10.6 Å². The lowest BCUT2D eigenvalue weighted by Gasteiger charge is -2.39. The number of anilines is 1. The molecule has 3 aliphatic heterocycles. The number of nitrogens with two attached hydrogens (primary N) is 1. The van der Waals surface area contributed by atoms with E-state index in [9.17, 15) is 23.3 Å². The summed E-state index contributed by atoms with van der Waals surface area (Å²) in [5.74, 6) is 0.894. The Labute approximate surface area is 276 Å². The van der Waals surface area contributed by atoms with Gasteiger partial charge in [-0.25, -0.2) is 13.2 Å². The van der Waals surface area contributed by atoms with E-state index >= 15 is 0 Å². The Bertz CT molecular complexity index is 1820. The highest BCUT2D eigenvalue weighted by Crippen LogP contribution is 2.35. The van der Waals surface area contributed by atoms with Crippen molar-refractivity contribution in [2.75, 3.05) is 37.6 Å². The first-order valence-corrected chi connectivity index (χ1v) is 18.0. The molecule has 3 amide bonds. The number of sulfonamides is 1. The molecule has 47 heavy (non-hydrogen) atoms. The first kappa shape index (κ1) is 33.1. The number of likely N-dealkylation sites (tertiary alicyclic amines) is 1. The second kappa shape index (κ2) is 13.4. The third-order valence-corrected chi connectivity index (χ3v) is 12.3. The summed E-state index contributed by atoms with van der Waals surface area (Å²) in [6.45, 7) is 7.41. The second-order valence-corrected chi connectivity index (χ2v) is 15.3. The number of aromatic nitrogens is 2. The van der Waals surface area contributed by atoms with Crippen LogP contribution in [0.4, 0.5) is 10.6 Å². The number of amides is 3. The summed E-state index contributed by atoms with van der Waals surface area (Å²) in [7, 11) is -1.77. The maximum Gasteiger partial charge on any atom is 0.329 e. The second-order valence-electron chi connectivity index (χ2n) is 13.4. The molecule has 250 valence electrons. The van der Waals surface area contributed by atoms with Gasteiger partial charge in [-0.1, -0.05) is 13.0 Å². The molecule has 13 heteroatoms. The number of benzene rings is 2. The fraction of sp³-hybridized carbons (Fsp3) is 0.529. The van der Waals surface area contributed by atoms with Crippen molar-refractivity contribution in [1.82, 2.24) is 24.3 Å². The number of aryl methyl sites for hydroxylation is 1. The van der Waals surface area contributed by atoms with E-state index in [2.05, 4.69) is 47.4 Å². The Morgan fingerprint density at radius 2 is 1.74 bits per heavy atom. The normalized spacial score (nSPS) is 20.7. The average Bonchev–Trinajstić information content (AvgIpc) is 3.39. The first-order chi connectivity index (χ1) is 22.5. The minimum Gasteiger partial charge on any atom is -0.328 e. The fourth-order valence-electron chi connectivity index (χ4n) is 7.27. The predicted octanol–water partition coefficient (Wildman–Crippen LogP) is 3.45. The number of piperidine rings is 2. The summed E-state index contributed by atoms with van der Waals surface area (Å²) in [4.78, 5) is 28.4. The molecule has 2 aromatic carbocycles. The highest BCUT2D eigenvalue weighted by molar-refractivity contribution is 7.89. The molecule has 0 spiro atoms. The van der Waals surface area contributed by atoms with Crippen LogP contribution in [0.2, 0.25) is 0 Å². The van der Waals surface area contributed by atoms with Gasteiger partial charge in [0.1, 0.15) is 0 Å². The van der Waals surface area contributed by atoms with Crippen LogP contribution in [0, 0.1) is 17.2 Å². The van der Waals surface area contributed by atoms with Crippen LogP contribution in [0.1, 0.15) is 68.6 Å². The highest BCUT2D eigenvalue weighted by Gasteiger charge is 2.32. The SMILES string of the molecule is CC(Cc1cc(S(=O)(=O)N2CCC(N)CC2)ccc1C#N)C(C)N1CCC(c2ccc3c(N4CCC(=O)NC4=O)nn(C)c3c2)CC1. The van der Waals surface area contributed by atoms with Crippen molar-refractivity contribution in [2.45, 2.75) is 75.3 Å². The summed E-state index contributed by atoms with van der Waals surface area (Å²) in [6.07, 6.45) is 4.16. The van der Waals surface area contributed by atoms with Crippen molar-refractivity contribution < 1.29 is 18.0 Å². The van der Waals surface area contributed by atoms with E-state index in [-0.39, 0.29) is 35.2 Å². The molecule has 0 saturated carbocycles. The molecule has 3 saturated heterocycles. The lowest BCUT2D eigenvalue weighted by molar-refractivity contribution is -0.120. The van der Waals surface area contributed by atoms with E-state index in [4.69, 9.17) is 5.73 Å². The Hall–Kier alpha value is -3.83. The fourth-order valence-corrected chi connectivity index (χ4v) is 8.79. The quantitative estimate of drug-likeness (QED) is 0.372. The maximum atomic E-state index is 13.4. The molecule has 0 bridgehead atoms. The number of nitrogens with zero attached hydrogens (tertiary/aromatic N) is 6. The minimum absolute atomic E-state index is 0.0357. The third kappa shape index (κ3) is 6.65. The van der Waals surface area contributed by atoms with Gasteiger partial charge in [-0.15, -0.1) is 0 Å². The van der Waals surface area contributed by atoms with Gasteiger partial charge in [-0.05, 0) is 105 Å². The zero-order valence-corrected chi connectivity index (χ0v) is 28.2. The number of hydrogen-bond acceptors (Lipinski definition) is 8. The minimum atomic E-state index is -3.65. The molecule has 2 unspecified atom stereocenters. The topological polar surface area (TPSA) is 158 Å². The van der Waals surface area contributed by atoms with Crippen molar-refractivity contribution in [2.24, 2.45) is 18.7 Å². The molecule has 6 rings (SSSR count). The Morgan fingerprint density at radius 3 is 2.43 bits per heavy atom. The van der Waals surface area contributed by atoms with Gasteiger partial charge in [0, 0.05) is 50.6 Å². The number of nitrogens with one attached hydrogen (secondary N) is 1. The zero-order valence-electron chi connectivity index (χ0n) is 27.4. The van der Waals surface area contributed by atoms with Crippen LogP contribution in [-0.2, 0) is 28.3 Å². The van der Waals surface area contributed by atoms with Crippen LogP contribution in [-0.4, -0.2) is 84.1 Å². The molecule has 3 fully saturated rings. The number of urea groups is 1. The highest BCUT2D eigenvalue weighted by atomic mass is 32.2. The van der Waals surface area contributed by atoms with Gasteiger partial charge >= 0.3 is 6.03 Å². The number of imide groups is 1. The molecular weight excluding hydrogens is 616 g/mol. The van der Waals surface area contributed by atoms with E-state index in [1.54, 1.807) is 22.9 Å². The molecular formula is C34H44N8O4S. The van der Waals surface area contributed by atoms with Crippen LogP contribution in [0.5, 0.6) is 0 Å². The number of nitriles is 1. The van der Waals surface area contributed by atoms with E-state index in [1.807, 2.05) is 13.1 Å². The molecule has 0 radical (unpaired) electrons. The monoisotopic (exact) mass is 660 g/mol. The molecule has 3 aromatic rings. The van der Waals surface area contributed by atoms with Crippen molar-refractivity contribution in [1.29, 1.82) is 5.26 Å². The number of hydrogen-bond donors (Lipinski definition) is 2. The lowest BCUT2D eigenvalue weighted by atomic mass is 9.86. The molecule has 1 aromatic heterocycles. The Morgan fingerprint density at radius 1 is 1.02 bits per heavy atom. The van der Waals surface area contributed by atoms with Gasteiger partial charge in [0.2, 0.25) is 15.9 Å². The van der Waals surface area contributed by atoms with Gasteiger partial charge in [-0.2, -0.15) is 14.7 Å². The van der Waals surface area contributed by atoms with Crippen molar-refractivity contribution >= 4 is 38.7 Å². The van der Waals surface area contributed by atoms with Crippen molar-refractivity contribution in [3.05, 3.63) is 53.1 Å². The van der Waals surface area contributed by atoms with Crippen LogP contribution in [0.3, 0.4) is 0 Å². The van der Waals surface area contributed by atoms with Gasteiger partial charge in [0.15, 0.2) is 5.82 Å². The van der Waals surface area contributed by atoms with Crippen LogP contribution in [0.15, 0.2) is 41.3 Å². The predicted molar refractivity (Wildman–Crippen MR) is 179 cm³/mol. The van der Waals surface area contributed by atoms with E-state index in [1.165, 1.54) is 14.8 Å². The van der Waals surface area contributed by atoms with Crippen molar-refractivity contribution in [3.63, 3.8) is 0 Å². The standard InChI is InChI=1S/C34H44N8O4S/c1-22(18-27-19-29(6-4-26(27)21-35)47(45,46)41-15-10-28(36)11-16-41)23(2)40-13-8-24(9-14-40)25-5-7-30-31(20-25)39(3)38-33(30)42-17-12-32(43)37-34(42)44/h4-7,19-20,22-24,28H,8-18,36H2,1-3H3,(H,37,43,44). The van der Waals surface area contributed by atoms with E-state index in [0.29, 0.717) is 56.2 Å². The molecule has 2 atom stereocenters. The smallest absolute Gasteiger partial charge is 0.328 e. The summed E-state index contributed by atoms with van der Waals surface area (Å²) in [6, 6.07) is 13.4. The van der Waals surface area contributed by atoms with Gasteiger partial charge in [0.05, 0.1) is 22.0 Å². The number of carbonyl (C=O) groups excluding carboxylic acids is 2. The molecule has 12 nitrogen and oxygen atoms in total. The third-order valence-electron chi connectivity index (χ3n) is 10.4. The number of carbonyl (C=O) groups is 2. The van der Waals surface area contributed by atoms with Crippen LogP contribution < -0.4 is 16.0 Å². The van der Waals surface area contributed by atoms with Gasteiger partial charge in [0.25, 0.3) is 0 Å². The van der Waals surface area contributed by atoms with Crippen molar-refractivity contribution in [3.8, 4) is 6.07 Å². The summed E-state index contributed by atoms with van der Waals surface area (Å²) < 4.78 is 30.1. The maximum absolute atomic E-state index is 13.4. The molecule has 3 N–H and O–H groups in total. The zero-order chi connectivity index (χ0) is 33.5. The molecule has 4 heterocycles. The van der Waals surface area contributed by atoms with Crippen LogP contribution in [0.25, 0.3) is 10.9 Å². The molecule has 0 aliphatic carbocycles. The number of fused-ring (bicyclic) bond motifs is 1. The van der Waals surface area contributed by atoms with Gasteiger partial charge in [-0.3, -0.25) is 19.7 Å². The Kier molecular flexibility index (Phi) is 9.40. The molecule has 3 aliphatic rings. The summed E-state index contributed by atoms with van der Waals surface area (Å²) in [5, 5.41) is 17.7. The first-order valence-electron chi connectivity index (χ1n) is 16.6. The summed E-state index contributed by atoms with van der Waals surface area (Å²) in [5.41, 5.74) is 9.49. The van der Waals surface area contributed by atoms with Crippen LogP contribution >= 0.6 is 0 Å². The number of rotatable bonds is 8. The Balaban J connectivity index is 1.10.